The fourth-order valence-electron chi connectivity index (χ4n) is 1.48. The van der Waals surface area contributed by atoms with Crippen molar-refractivity contribution in [2.24, 2.45) is 7.05 Å². The van der Waals surface area contributed by atoms with Crippen LogP contribution >= 0.6 is 0 Å². The summed E-state index contributed by atoms with van der Waals surface area (Å²) < 4.78 is 6.80. The normalized spacial score (nSPS) is 10.4. The number of aryl methyl sites for hydroxylation is 1. The predicted octanol–water partition coefficient (Wildman–Crippen LogP) is 1.37. The van der Waals surface area contributed by atoms with E-state index in [0.29, 0.717) is 12.4 Å². The molecule has 2 heterocycles. The molecule has 0 aliphatic rings. The molecular weight excluding hydrogens is 222 g/mol. The van der Waals surface area contributed by atoms with Gasteiger partial charge in [-0.25, -0.2) is 4.79 Å². The van der Waals surface area contributed by atoms with Crippen molar-refractivity contribution in [2.45, 2.75) is 6.42 Å². The fourth-order valence-corrected chi connectivity index (χ4v) is 1.48. The zero-order chi connectivity index (χ0) is 12.3. The van der Waals surface area contributed by atoms with Crippen LogP contribution < -0.4 is 5.32 Å². The first kappa shape index (κ1) is 11.3. The Hall–Kier alpha value is -2.24. The second-order valence-corrected chi connectivity index (χ2v) is 3.67. The lowest BCUT2D eigenvalue weighted by Gasteiger charge is -2.00. The van der Waals surface area contributed by atoms with Gasteiger partial charge >= 0.3 is 5.97 Å². The van der Waals surface area contributed by atoms with Gasteiger partial charge in [-0.15, -0.1) is 0 Å². The molecule has 0 spiro atoms. The quantitative estimate of drug-likeness (QED) is 0.818. The maximum atomic E-state index is 10.6. The first-order valence-corrected chi connectivity index (χ1v) is 5.19. The minimum absolute atomic E-state index is 0.0612. The van der Waals surface area contributed by atoms with Crippen molar-refractivity contribution in [3.63, 3.8) is 0 Å². The summed E-state index contributed by atoms with van der Waals surface area (Å²) in [7, 11) is 1.86. The molecule has 90 valence electrons. The third-order valence-corrected chi connectivity index (χ3v) is 2.29. The van der Waals surface area contributed by atoms with E-state index in [1.807, 2.05) is 13.2 Å². The van der Waals surface area contributed by atoms with Gasteiger partial charge in [0, 0.05) is 25.9 Å². The third kappa shape index (κ3) is 2.87. The van der Waals surface area contributed by atoms with Crippen LogP contribution in [0.15, 0.2) is 28.9 Å². The number of carboxylic acids is 1. The van der Waals surface area contributed by atoms with Gasteiger partial charge in [-0.3, -0.25) is 4.68 Å². The van der Waals surface area contributed by atoms with Gasteiger partial charge in [0.25, 0.3) is 0 Å². The van der Waals surface area contributed by atoms with E-state index in [-0.39, 0.29) is 5.76 Å². The van der Waals surface area contributed by atoms with Crippen LogP contribution in [0.3, 0.4) is 0 Å². The number of rotatable bonds is 5. The molecule has 0 saturated heterocycles. The van der Waals surface area contributed by atoms with Crippen LogP contribution in [-0.4, -0.2) is 27.4 Å². The van der Waals surface area contributed by atoms with Crippen LogP contribution in [0.25, 0.3) is 0 Å². The summed E-state index contributed by atoms with van der Waals surface area (Å²) in [5.41, 5.74) is 1.12. The van der Waals surface area contributed by atoms with Gasteiger partial charge < -0.3 is 14.8 Å². The Morgan fingerprint density at radius 2 is 2.41 bits per heavy atom. The van der Waals surface area contributed by atoms with E-state index in [2.05, 4.69) is 10.4 Å². The number of hydrogen-bond donors (Lipinski definition) is 2. The molecule has 2 aromatic heterocycles. The van der Waals surface area contributed by atoms with E-state index in [0.717, 1.165) is 12.0 Å². The summed E-state index contributed by atoms with van der Waals surface area (Å²) >= 11 is 0. The van der Waals surface area contributed by atoms with E-state index in [4.69, 9.17) is 9.52 Å². The highest BCUT2D eigenvalue weighted by atomic mass is 16.4. The van der Waals surface area contributed by atoms with Crippen molar-refractivity contribution in [1.29, 1.82) is 0 Å². The van der Waals surface area contributed by atoms with Crippen molar-refractivity contribution in [2.75, 3.05) is 11.9 Å². The van der Waals surface area contributed by atoms with Gasteiger partial charge in [0.15, 0.2) is 5.88 Å². The number of carbonyl (C=O) groups is 1. The van der Waals surface area contributed by atoms with Crippen molar-refractivity contribution in [3.8, 4) is 0 Å². The summed E-state index contributed by atoms with van der Waals surface area (Å²) in [5.74, 6) is -0.662. The summed E-state index contributed by atoms with van der Waals surface area (Å²) in [6.45, 7) is 0.665. The number of anilines is 1. The number of hydrogen-bond acceptors (Lipinski definition) is 4. The van der Waals surface area contributed by atoms with Crippen LogP contribution in [0.5, 0.6) is 0 Å². The molecule has 0 aromatic carbocycles. The highest BCUT2D eigenvalue weighted by Gasteiger charge is 2.08. The van der Waals surface area contributed by atoms with Gasteiger partial charge in [0.2, 0.25) is 5.76 Å². The molecule has 0 bridgehead atoms. The molecule has 17 heavy (non-hydrogen) atoms. The van der Waals surface area contributed by atoms with E-state index >= 15 is 0 Å². The summed E-state index contributed by atoms with van der Waals surface area (Å²) in [5, 5.41) is 15.7. The molecule has 0 aliphatic heterocycles. The van der Waals surface area contributed by atoms with Crippen molar-refractivity contribution < 1.29 is 14.3 Å². The molecular formula is C11H13N3O3. The lowest BCUT2D eigenvalue weighted by Crippen LogP contribution is -2.03. The first-order chi connectivity index (χ1) is 8.15. The van der Waals surface area contributed by atoms with Gasteiger partial charge in [-0.1, -0.05) is 0 Å². The third-order valence-electron chi connectivity index (χ3n) is 2.29. The minimum atomic E-state index is -1.06. The molecule has 0 amide bonds. The van der Waals surface area contributed by atoms with Crippen LogP contribution in [0.1, 0.15) is 16.1 Å². The van der Waals surface area contributed by atoms with Crippen LogP contribution in [0.2, 0.25) is 0 Å². The summed E-state index contributed by atoms with van der Waals surface area (Å²) in [4.78, 5) is 10.6. The number of nitrogens with zero attached hydrogens (tertiary/aromatic N) is 2. The second kappa shape index (κ2) is 4.73. The van der Waals surface area contributed by atoms with E-state index in [1.165, 1.54) is 6.07 Å². The highest BCUT2D eigenvalue weighted by molar-refractivity contribution is 5.84. The molecule has 6 nitrogen and oxygen atoms in total. The smallest absolute Gasteiger partial charge is 0.371 e. The molecule has 0 fully saturated rings. The van der Waals surface area contributed by atoms with Gasteiger partial charge in [0.05, 0.1) is 6.20 Å². The molecule has 0 atom stereocenters. The monoisotopic (exact) mass is 235 g/mol. The standard InChI is InChI=1S/C11H13N3O3/c1-14-7-8(6-13-14)4-5-12-10-3-2-9(17-10)11(15)16/h2-3,6-7,12H,4-5H2,1H3,(H,15,16). The Morgan fingerprint density at radius 1 is 1.59 bits per heavy atom. The average molecular weight is 235 g/mol. The predicted molar refractivity (Wildman–Crippen MR) is 61.1 cm³/mol. The second-order valence-electron chi connectivity index (χ2n) is 3.67. The van der Waals surface area contributed by atoms with Crippen LogP contribution in [0, 0.1) is 0 Å². The fraction of sp³-hybridized carbons (Fsp3) is 0.273. The zero-order valence-electron chi connectivity index (χ0n) is 9.38. The molecule has 0 aliphatic carbocycles. The van der Waals surface area contributed by atoms with E-state index < -0.39 is 5.97 Å². The number of aromatic carboxylic acids is 1. The van der Waals surface area contributed by atoms with E-state index in [1.54, 1.807) is 16.9 Å². The van der Waals surface area contributed by atoms with Crippen molar-refractivity contribution in [3.05, 3.63) is 35.9 Å². The lowest BCUT2D eigenvalue weighted by molar-refractivity contribution is 0.0663. The SMILES string of the molecule is Cn1cc(CCNc2ccc(C(=O)O)o2)cn1. The molecule has 2 aromatic rings. The number of aromatic nitrogens is 2. The van der Waals surface area contributed by atoms with Crippen molar-refractivity contribution >= 4 is 11.9 Å². The number of carboxylic acid groups (broad SMARTS) is 1. The Balaban J connectivity index is 1.83. The van der Waals surface area contributed by atoms with Gasteiger partial charge in [0.1, 0.15) is 0 Å². The highest BCUT2D eigenvalue weighted by Crippen LogP contribution is 2.13. The largest absolute Gasteiger partial charge is 0.475 e. The van der Waals surface area contributed by atoms with Crippen LogP contribution in [-0.2, 0) is 13.5 Å². The maximum absolute atomic E-state index is 10.6. The zero-order valence-corrected chi connectivity index (χ0v) is 9.38. The maximum Gasteiger partial charge on any atom is 0.371 e. The van der Waals surface area contributed by atoms with Gasteiger partial charge in [-0.05, 0) is 18.1 Å². The van der Waals surface area contributed by atoms with Crippen molar-refractivity contribution in [1.82, 2.24) is 9.78 Å². The van der Waals surface area contributed by atoms with Gasteiger partial charge in [-0.2, -0.15) is 5.10 Å². The molecule has 0 saturated carbocycles. The molecule has 2 rings (SSSR count). The Morgan fingerprint density at radius 3 is 3.00 bits per heavy atom. The molecule has 2 N–H and O–H groups in total. The molecule has 0 radical (unpaired) electrons. The Bertz CT molecular complexity index is 516. The summed E-state index contributed by atoms with van der Waals surface area (Å²) in [6.07, 6.45) is 4.54. The minimum Gasteiger partial charge on any atom is -0.475 e. The Labute approximate surface area is 97.9 Å². The molecule has 0 unspecified atom stereocenters. The number of furan rings is 1. The first-order valence-electron chi connectivity index (χ1n) is 5.19. The van der Waals surface area contributed by atoms with E-state index in [9.17, 15) is 4.79 Å². The van der Waals surface area contributed by atoms with Crippen LogP contribution in [0.4, 0.5) is 5.88 Å². The summed E-state index contributed by atoms with van der Waals surface area (Å²) in [6, 6.07) is 3.03. The Kier molecular flexibility index (Phi) is 3.13. The average Bonchev–Trinajstić information content (AvgIpc) is 2.88. The number of nitrogens with one attached hydrogen (secondary N) is 1. The molecule has 6 heteroatoms. The topological polar surface area (TPSA) is 80.3 Å². The lowest BCUT2D eigenvalue weighted by atomic mass is 10.2.